The van der Waals surface area contributed by atoms with Gasteiger partial charge in [-0.2, -0.15) is 0 Å². The van der Waals surface area contributed by atoms with Gasteiger partial charge in [0.15, 0.2) is 0 Å². The smallest absolute Gasteiger partial charge is 0.144 e. The van der Waals surface area contributed by atoms with Crippen molar-refractivity contribution in [3.63, 3.8) is 0 Å². The van der Waals surface area contributed by atoms with Gasteiger partial charge in [0, 0.05) is 45.0 Å². The predicted octanol–water partition coefficient (Wildman–Crippen LogP) is 2.42. The van der Waals surface area contributed by atoms with E-state index in [0.29, 0.717) is 17.0 Å². The lowest BCUT2D eigenvalue weighted by Crippen LogP contribution is -2.52. The number of rotatable bonds is 5. The van der Waals surface area contributed by atoms with Gasteiger partial charge in [-0.05, 0) is 25.1 Å². The average Bonchev–Trinajstić information content (AvgIpc) is 2.42. The summed E-state index contributed by atoms with van der Waals surface area (Å²) in [5.41, 5.74) is 0. The maximum Gasteiger partial charge on any atom is 0.144 e. The topological polar surface area (TPSA) is 31.4 Å². The fourth-order valence-corrected chi connectivity index (χ4v) is 2.85. The number of nitrogens with one attached hydrogen (secondary N) is 1. The monoisotopic (exact) mass is 296 g/mol. The van der Waals surface area contributed by atoms with E-state index >= 15 is 0 Å². The zero-order valence-electron chi connectivity index (χ0n) is 12.6. The summed E-state index contributed by atoms with van der Waals surface area (Å²) in [5, 5.41) is 4.09. The third-order valence-corrected chi connectivity index (χ3v) is 4.32. The predicted molar refractivity (Wildman–Crippen MR) is 85.4 cm³/mol. The lowest BCUT2D eigenvalue weighted by Gasteiger charge is -2.40. The second-order valence-electron chi connectivity index (χ2n) is 5.87. The lowest BCUT2D eigenvalue weighted by molar-refractivity contribution is 0.0944. The Bertz CT molecular complexity index is 416. The summed E-state index contributed by atoms with van der Waals surface area (Å²) in [6, 6.07) is 4.24. The molecule has 1 unspecified atom stereocenters. The molecule has 1 aromatic heterocycles. The number of hydrogen-bond acceptors (Lipinski definition) is 4. The van der Waals surface area contributed by atoms with Crippen molar-refractivity contribution in [3.05, 3.63) is 23.4 Å². The van der Waals surface area contributed by atoms with Crippen LogP contribution < -0.4 is 5.32 Å². The van der Waals surface area contributed by atoms with E-state index in [-0.39, 0.29) is 0 Å². The van der Waals surface area contributed by atoms with Gasteiger partial charge in [-0.3, -0.25) is 4.90 Å². The third kappa shape index (κ3) is 4.08. The molecule has 2 heterocycles. The van der Waals surface area contributed by atoms with Crippen molar-refractivity contribution in [2.24, 2.45) is 5.92 Å². The molecule has 5 heteroatoms. The second-order valence-corrected chi connectivity index (χ2v) is 6.27. The summed E-state index contributed by atoms with van der Waals surface area (Å²) in [6.45, 7) is 10.0. The Labute approximate surface area is 127 Å². The first-order valence-electron chi connectivity index (χ1n) is 7.35. The first kappa shape index (κ1) is 15.5. The number of piperazine rings is 1. The number of nitrogens with zero attached hydrogens (tertiary/aromatic N) is 3. The quantitative estimate of drug-likeness (QED) is 0.904. The zero-order chi connectivity index (χ0) is 14.5. The minimum Gasteiger partial charge on any atom is -0.367 e. The molecule has 1 N–H and O–H groups in total. The van der Waals surface area contributed by atoms with Crippen LogP contribution in [0.3, 0.4) is 0 Å². The normalized spacial score (nSPS) is 19.2. The van der Waals surface area contributed by atoms with Crippen LogP contribution in [0, 0.1) is 5.92 Å². The van der Waals surface area contributed by atoms with E-state index in [1.807, 2.05) is 12.1 Å². The Morgan fingerprint density at radius 2 is 2.00 bits per heavy atom. The van der Waals surface area contributed by atoms with E-state index in [4.69, 9.17) is 11.6 Å². The van der Waals surface area contributed by atoms with Crippen molar-refractivity contribution < 1.29 is 0 Å². The van der Waals surface area contributed by atoms with Gasteiger partial charge in [-0.25, -0.2) is 4.98 Å². The molecule has 0 aliphatic carbocycles. The SMILES string of the molecule is CC(C)C(CNc1ncccc1Cl)N1CCN(C)CC1. The number of anilines is 1. The van der Waals surface area contributed by atoms with Gasteiger partial charge >= 0.3 is 0 Å². The van der Waals surface area contributed by atoms with Gasteiger partial charge in [0.05, 0.1) is 5.02 Å². The molecule has 1 aliphatic heterocycles. The lowest BCUT2D eigenvalue weighted by atomic mass is 10.0. The molecule has 2 rings (SSSR count). The number of hydrogen-bond donors (Lipinski definition) is 1. The first-order valence-corrected chi connectivity index (χ1v) is 7.72. The molecule has 1 aliphatic rings. The van der Waals surface area contributed by atoms with Crippen LogP contribution in [0.5, 0.6) is 0 Å². The van der Waals surface area contributed by atoms with Crippen molar-refractivity contribution in [1.29, 1.82) is 0 Å². The zero-order valence-corrected chi connectivity index (χ0v) is 13.4. The molecular formula is C15H25ClN4. The van der Waals surface area contributed by atoms with E-state index in [2.05, 4.69) is 41.0 Å². The van der Waals surface area contributed by atoms with E-state index in [1.54, 1.807) is 6.20 Å². The summed E-state index contributed by atoms with van der Waals surface area (Å²) >= 11 is 6.15. The highest BCUT2D eigenvalue weighted by Crippen LogP contribution is 2.19. The van der Waals surface area contributed by atoms with E-state index < -0.39 is 0 Å². The van der Waals surface area contributed by atoms with Crippen molar-refractivity contribution in [3.8, 4) is 0 Å². The van der Waals surface area contributed by atoms with Crippen LogP contribution in [0.4, 0.5) is 5.82 Å². The van der Waals surface area contributed by atoms with Gasteiger partial charge < -0.3 is 10.2 Å². The van der Waals surface area contributed by atoms with E-state index in [1.165, 1.54) is 0 Å². The molecule has 0 radical (unpaired) electrons. The Morgan fingerprint density at radius 3 is 2.60 bits per heavy atom. The Balaban J connectivity index is 1.94. The molecule has 0 bridgehead atoms. The van der Waals surface area contributed by atoms with Gasteiger partial charge in [0.25, 0.3) is 0 Å². The van der Waals surface area contributed by atoms with Crippen LogP contribution in [0.1, 0.15) is 13.8 Å². The minimum atomic E-state index is 0.516. The number of aromatic nitrogens is 1. The van der Waals surface area contributed by atoms with Crippen molar-refractivity contribution >= 4 is 17.4 Å². The van der Waals surface area contributed by atoms with Crippen LogP contribution in [0.2, 0.25) is 5.02 Å². The highest BCUT2D eigenvalue weighted by molar-refractivity contribution is 6.32. The number of halogens is 1. The molecule has 0 aromatic carbocycles. The maximum atomic E-state index is 6.15. The highest BCUT2D eigenvalue weighted by Gasteiger charge is 2.24. The van der Waals surface area contributed by atoms with Gasteiger partial charge in [-0.15, -0.1) is 0 Å². The largest absolute Gasteiger partial charge is 0.367 e. The molecule has 0 amide bonds. The standard InChI is InChI=1S/C15H25ClN4/c1-12(2)14(20-9-7-19(3)8-10-20)11-18-15-13(16)5-4-6-17-15/h4-6,12,14H,7-11H2,1-3H3,(H,17,18). The maximum absolute atomic E-state index is 6.15. The number of pyridine rings is 1. The van der Waals surface area contributed by atoms with E-state index in [9.17, 15) is 0 Å². The third-order valence-electron chi connectivity index (χ3n) is 4.01. The molecule has 4 nitrogen and oxygen atoms in total. The molecule has 1 aromatic rings. The molecule has 0 saturated carbocycles. The average molecular weight is 297 g/mol. The van der Waals surface area contributed by atoms with Crippen LogP contribution in [0.25, 0.3) is 0 Å². The van der Waals surface area contributed by atoms with Gasteiger partial charge in [-0.1, -0.05) is 25.4 Å². The van der Waals surface area contributed by atoms with Crippen molar-refractivity contribution in [1.82, 2.24) is 14.8 Å². The van der Waals surface area contributed by atoms with Crippen LogP contribution in [-0.4, -0.2) is 60.6 Å². The molecule has 1 saturated heterocycles. The molecule has 1 atom stereocenters. The summed E-state index contributed by atoms with van der Waals surface area (Å²) < 4.78 is 0. The first-order chi connectivity index (χ1) is 9.58. The Kier molecular flexibility index (Phi) is 5.64. The van der Waals surface area contributed by atoms with E-state index in [0.717, 1.165) is 38.5 Å². The molecular weight excluding hydrogens is 272 g/mol. The Hall–Kier alpha value is -0.840. The summed E-state index contributed by atoms with van der Waals surface area (Å²) in [6.07, 6.45) is 1.77. The summed E-state index contributed by atoms with van der Waals surface area (Å²) in [7, 11) is 2.19. The van der Waals surface area contributed by atoms with Crippen LogP contribution in [-0.2, 0) is 0 Å². The Morgan fingerprint density at radius 1 is 1.30 bits per heavy atom. The minimum absolute atomic E-state index is 0.516. The molecule has 20 heavy (non-hydrogen) atoms. The molecule has 112 valence electrons. The number of likely N-dealkylation sites (N-methyl/N-ethyl adjacent to an activating group) is 1. The fourth-order valence-electron chi connectivity index (χ4n) is 2.66. The van der Waals surface area contributed by atoms with Crippen LogP contribution >= 0.6 is 11.6 Å². The van der Waals surface area contributed by atoms with Crippen LogP contribution in [0.15, 0.2) is 18.3 Å². The summed E-state index contributed by atoms with van der Waals surface area (Å²) in [5.74, 6) is 1.39. The molecule has 1 fully saturated rings. The molecule has 0 spiro atoms. The van der Waals surface area contributed by atoms with Gasteiger partial charge in [0.2, 0.25) is 0 Å². The fraction of sp³-hybridized carbons (Fsp3) is 0.667. The summed E-state index contributed by atoms with van der Waals surface area (Å²) in [4.78, 5) is 9.26. The second kappa shape index (κ2) is 7.25. The van der Waals surface area contributed by atoms with Gasteiger partial charge in [0.1, 0.15) is 5.82 Å². The van der Waals surface area contributed by atoms with Crippen molar-refractivity contribution in [2.75, 3.05) is 45.1 Å². The van der Waals surface area contributed by atoms with Crippen molar-refractivity contribution in [2.45, 2.75) is 19.9 Å². The highest BCUT2D eigenvalue weighted by atomic mass is 35.5.